The third-order valence-electron chi connectivity index (χ3n) is 6.95. The zero-order chi connectivity index (χ0) is 26.2. The number of pyridine rings is 3. The van der Waals surface area contributed by atoms with Crippen molar-refractivity contribution in [3.05, 3.63) is 49.1 Å². The number of nitrogens with zero attached hydrogens (tertiary/aromatic N) is 6. The lowest BCUT2D eigenvalue weighted by Crippen LogP contribution is -2.44. The van der Waals surface area contributed by atoms with Crippen LogP contribution >= 0.6 is 0 Å². The van der Waals surface area contributed by atoms with Gasteiger partial charge < -0.3 is 20.1 Å². The number of anilines is 2. The lowest BCUT2D eigenvalue weighted by Gasteiger charge is -2.33. The largest absolute Gasteiger partial charge is 0.353 e. The number of hydrogen-bond acceptors (Lipinski definition) is 7. The van der Waals surface area contributed by atoms with Crippen molar-refractivity contribution in [2.24, 2.45) is 5.92 Å². The van der Waals surface area contributed by atoms with E-state index in [4.69, 9.17) is 4.98 Å². The number of likely N-dealkylation sites (N-methyl/N-ethyl adjacent to an activating group) is 1. The average molecular weight is 510 g/mol. The molecule has 5 aromatic rings. The molecule has 1 aliphatic heterocycles. The van der Waals surface area contributed by atoms with Gasteiger partial charge in [-0.2, -0.15) is 5.10 Å². The molecule has 5 aromatic heterocycles. The van der Waals surface area contributed by atoms with Gasteiger partial charge in [0.2, 0.25) is 5.91 Å². The molecule has 0 unspecified atom stereocenters. The van der Waals surface area contributed by atoms with Crippen molar-refractivity contribution in [1.29, 1.82) is 0 Å². The first-order chi connectivity index (χ1) is 18.4. The Bertz CT molecular complexity index is 1610. The Morgan fingerprint density at radius 3 is 2.66 bits per heavy atom. The molecule has 0 atom stereocenters. The highest BCUT2D eigenvalue weighted by Gasteiger charge is 2.20. The molecule has 0 aromatic carbocycles. The van der Waals surface area contributed by atoms with E-state index in [2.05, 4.69) is 59.4 Å². The Kier molecular flexibility index (Phi) is 6.24. The zero-order valence-electron chi connectivity index (χ0n) is 21.8. The van der Waals surface area contributed by atoms with Crippen LogP contribution in [0.2, 0.25) is 0 Å². The second kappa shape index (κ2) is 9.86. The number of aromatic amines is 2. The molecule has 10 nitrogen and oxygen atoms in total. The average Bonchev–Trinajstić information content (AvgIpc) is 3.52. The van der Waals surface area contributed by atoms with E-state index in [0.717, 1.165) is 70.8 Å². The van der Waals surface area contributed by atoms with E-state index in [1.807, 2.05) is 32.2 Å². The maximum atomic E-state index is 12.2. The number of aromatic nitrogens is 6. The minimum Gasteiger partial charge on any atom is -0.353 e. The number of carbonyl (C=O) groups excluding carboxylic acids is 1. The van der Waals surface area contributed by atoms with Crippen LogP contribution in [-0.2, 0) is 4.79 Å². The molecule has 1 aliphatic rings. The quantitative estimate of drug-likeness (QED) is 0.312. The van der Waals surface area contributed by atoms with Crippen LogP contribution in [0.25, 0.3) is 44.5 Å². The number of carbonyl (C=O) groups is 1. The van der Waals surface area contributed by atoms with Gasteiger partial charge >= 0.3 is 0 Å². The van der Waals surface area contributed by atoms with Gasteiger partial charge in [0.15, 0.2) is 5.65 Å². The van der Waals surface area contributed by atoms with Crippen molar-refractivity contribution in [3.63, 3.8) is 0 Å². The minimum atomic E-state index is -0.0195. The highest BCUT2D eigenvalue weighted by Crippen LogP contribution is 2.33. The van der Waals surface area contributed by atoms with E-state index < -0.39 is 0 Å². The van der Waals surface area contributed by atoms with Crippen LogP contribution in [0.1, 0.15) is 20.3 Å². The van der Waals surface area contributed by atoms with Crippen molar-refractivity contribution in [2.75, 3.05) is 43.4 Å². The van der Waals surface area contributed by atoms with Gasteiger partial charge in [-0.3, -0.25) is 14.9 Å². The fraction of sp³-hybridized carbons (Fsp3) is 0.321. The highest BCUT2D eigenvalue weighted by molar-refractivity contribution is 5.99. The second-order valence-electron chi connectivity index (χ2n) is 10.4. The molecule has 6 heterocycles. The number of fused-ring (bicyclic) bond motifs is 2. The summed E-state index contributed by atoms with van der Waals surface area (Å²) >= 11 is 0. The Hall–Kier alpha value is -4.31. The van der Waals surface area contributed by atoms with Crippen molar-refractivity contribution >= 4 is 39.3 Å². The molecular weight excluding hydrogens is 478 g/mol. The number of piperazine rings is 1. The molecule has 0 spiro atoms. The fourth-order valence-corrected chi connectivity index (χ4v) is 4.95. The van der Waals surface area contributed by atoms with Crippen LogP contribution in [-0.4, -0.2) is 74.2 Å². The number of rotatable bonds is 6. The SMILES string of the molecule is CC(C)CC(=O)Nc1cncc(-c2cnc3[nH]nc(-c4cc5c(N6CCN(C)CC6)nccc5[nH]4)c3c2)c1. The highest BCUT2D eigenvalue weighted by atomic mass is 16.1. The summed E-state index contributed by atoms with van der Waals surface area (Å²) in [5.41, 5.74) is 5.86. The van der Waals surface area contributed by atoms with Crippen molar-refractivity contribution in [3.8, 4) is 22.5 Å². The van der Waals surface area contributed by atoms with Crippen LogP contribution < -0.4 is 10.2 Å². The van der Waals surface area contributed by atoms with E-state index >= 15 is 0 Å². The van der Waals surface area contributed by atoms with Crippen LogP contribution in [0, 0.1) is 5.92 Å². The standard InChI is InChI=1S/C28H31N9O/c1-17(2)10-25(38)32-20-11-18(14-29-16-20)19-12-22-26(34-35-27(22)31-15-19)24-13-21-23(33-24)4-5-30-28(21)37-8-6-36(3)7-9-37/h4-5,11-17,33H,6-10H2,1-3H3,(H,32,38)(H,31,34,35). The fourth-order valence-electron chi connectivity index (χ4n) is 4.95. The summed E-state index contributed by atoms with van der Waals surface area (Å²) in [5, 5.41) is 12.6. The van der Waals surface area contributed by atoms with E-state index in [0.29, 0.717) is 17.8 Å². The Morgan fingerprint density at radius 1 is 1.03 bits per heavy atom. The number of hydrogen-bond donors (Lipinski definition) is 3. The molecule has 194 valence electrons. The van der Waals surface area contributed by atoms with Gasteiger partial charge in [-0.15, -0.1) is 0 Å². The van der Waals surface area contributed by atoms with Gasteiger partial charge in [0.05, 0.1) is 23.1 Å². The van der Waals surface area contributed by atoms with E-state index in [1.165, 1.54) is 0 Å². The lowest BCUT2D eigenvalue weighted by atomic mass is 10.1. The zero-order valence-corrected chi connectivity index (χ0v) is 21.8. The van der Waals surface area contributed by atoms with E-state index in [9.17, 15) is 4.79 Å². The summed E-state index contributed by atoms with van der Waals surface area (Å²) in [6, 6.07) is 8.11. The molecule has 0 saturated carbocycles. The molecule has 0 aliphatic carbocycles. The predicted molar refractivity (Wildman–Crippen MR) is 150 cm³/mol. The topological polar surface area (TPSA) is 119 Å². The molecule has 10 heteroatoms. The molecule has 6 rings (SSSR count). The van der Waals surface area contributed by atoms with E-state index in [1.54, 1.807) is 18.6 Å². The van der Waals surface area contributed by atoms with Crippen molar-refractivity contribution in [2.45, 2.75) is 20.3 Å². The third kappa shape index (κ3) is 4.70. The summed E-state index contributed by atoms with van der Waals surface area (Å²) in [6.45, 7) is 7.99. The minimum absolute atomic E-state index is 0.0195. The van der Waals surface area contributed by atoms with Crippen LogP contribution in [0.5, 0.6) is 0 Å². The first-order valence-corrected chi connectivity index (χ1v) is 13.0. The van der Waals surface area contributed by atoms with Gasteiger partial charge in [-0.05, 0) is 37.2 Å². The van der Waals surface area contributed by atoms with Crippen LogP contribution in [0.4, 0.5) is 11.5 Å². The Morgan fingerprint density at radius 2 is 1.84 bits per heavy atom. The smallest absolute Gasteiger partial charge is 0.224 e. The molecule has 3 N–H and O–H groups in total. The van der Waals surface area contributed by atoms with Gasteiger partial charge in [-0.1, -0.05) is 13.8 Å². The molecule has 0 bridgehead atoms. The van der Waals surface area contributed by atoms with Crippen molar-refractivity contribution < 1.29 is 4.79 Å². The summed E-state index contributed by atoms with van der Waals surface area (Å²) in [5.74, 6) is 1.27. The first kappa shape index (κ1) is 24.1. The molecule has 1 amide bonds. The monoisotopic (exact) mass is 509 g/mol. The van der Waals surface area contributed by atoms with E-state index in [-0.39, 0.29) is 11.8 Å². The maximum Gasteiger partial charge on any atom is 0.224 e. The first-order valence-electron chi connectivity index (χ1n) is 13.0. The summed E-state index contributed by atoms with van der Waals surface area (Å²) in [6.07, 6.45) is 7.55. The normalized spacial score (nSPS) is 14.6. The number of amides is 1. The predicted octanol–water partition coefficient (Wildman–Crippen LogP) is 4.30. The summed E-state index contributed by atoms with van der Waals surface area (Å²) in [7, 11) is 2.15. The second-order valence-corrected chi connectivity index (χ2v) is 10.4. The number of nitrogens with one attached hydrogen (secondary N) is 3. The molecule has 38 heavy (non-hydrogen) atoms. The third-order valence-corrected chi connectivity index (χ3v) is 6.95. The summed E-state index contributed by atoms with van der Waals surface area (Å²) < 4.78 is 0. The maximum absolute atomic E-state index is 12.2. The number of H-pyrrole nitrogens is 2. The van der Waals surface area contributed by atoms with Crippen LogP contribution in [0.15, 0.2) is 49.1 Å². The Labute approximate surface area is 220 Å². The summed E-state index contributed by atoms with van der Waals surface area (Å²) in [4.78, 5) is 34.1. The Balaban J connectivity index is 1.34. The van der Waals surface area contributed by atoms with Gasteiger partial charge in [0.1, 0.15) is 11.5 Å². The van der Waals surface area contributed by atoms with Gasteiger partial charge in [0.25, 0.3) is 0 Å². The van der Waals surface area contributed by atoms with Gasteiger partial charge in [-0.25, -0.2) is 9.97 Å². The molecular formula is C28H31N9O. The van der Waals surface area contributed by atoms with Crippen molar-refractivity contribution in [1.82, 2.24) is 35.0 Å². The molecule has 1 fully saturated rings. The van der Waals surface area contributed by atoms with Gasteiger partial charge in [0, 0.05) is 73.1 Å². The molecule has 0 radical (unpaired) electrons. The molecule has 1 saturated heterocycles. The lowest BCUT2D eigenvalue weighted by molar-refractivity contribution is -0.116. The van der Waals surface area contributed by atoms with Crippen LogP contribution in [0.3, 0.4) is 0 Å².